The average Bonchev–Trinajstić information content (AvgIpc) is 3.06. The summed E-state index contributed by atoms with van der Waals surface area (Å²) in [7, 11) is 1.51. The van der Waals surface area contributed by atoms with E-state index in [0.29, 0.717) is 17.8 Å². The van der Waals surface area contributed by atoms with Crippen molar-refractivity contribution in [1.82, 2.24) is 5.48 Å². The fraction of sp³-hybridized carbons (Fsp3) is 0.893. The highest BCUT2D eigenvalue weighted by atomic mass is 16.6. The fourth-order valence-corrected chi connectivity index (χ4v) is 7.65. The molecule has 2 saturated carbocycles. The number of carbonyl (C=O) groups excluding carboxylic acids is 1. The lowest BCUT2D eigenvalue weighted by Crippen LogP contribution is -2.47. The number of rotatable bonds is 11. The standard InChI is InChI=1S/C28H51NO2/c1-10-22-24-13-12-23(21(6)11-14-26(30)29-31-9)28(24,8)18-16-25(22)27(7,20(4)5)17-15-19(2)3/h19,21-25H,4,10-18H2,1-3,5-9H3,(H,29,30). The Balaban J connectivity index is 2.18. The Hall–Kier alpha value is -0.830. The van der Waals surface area contributed by atoms with Gasteiger partial charge < -0.3 is 0 Å². The largest absolute Gasteiger partial charge is 0.277 e. The Labute approximate surface area is 193 Å². The topological polar surface area (TPSA) is 38.3 Å². The van der Waals surface area contributed by atoms with Crippen LogP contribution in [-0.2, 0) is 9.63 Å². The highest BCUT2D eigenvalue weighted by Gasteiger charge is 2.56. The van der Waals surface area contributed by atoms with Crippen molar-refractivity contribution in [3.8, 4) is 0 Å². The van der Waals surface area contributed by atoms with E-state index in [1.54, 1.807) is 0 Å². The second-order valence-electron chi connectivity index (χ2n) is 11.9. The van der Waals surface area contributed by atoms with Gasteiger partial charge >= 0.3 is 0 Å². The molecule has 3 heteroatoms. The van der Waals surface area contributed by atoms with Gasteiger partial charge in [-0.3, -0.25) is 9.63 Å². The Morgan fingerprint density at radius 1 is 1.23 bits per heavy atom. The molecule has 1 amide bonds. The summed E-state index contributed by atoms with van der Waals surface area (Å²) < 4.78 is 0. The molecule has 0 saturated heterocycles. The maximum Gasteiger partial charge on any atom is 0.243 e. The molecule has 0 aromatic rings. The Morgan fingerprint density at radius 2 is 1.90 bits per heavy atom. The number of nitrogens with one attached hydrogen (secondary N) is 1. The summed E-state index contributed by atoms with van der Waals surface area (Å²) in [4.78, 5) is 16.7. The number of hydrogen-bond donors (Lipinski definition) is 1. The molecule has 31 heavy (non-hydrogen) atoms. The normalized spacial score (nSPS) is 33.6. The van der Waals surface area contributed by atoms with Crippen LogP contribution in [0.2, 0.25) is 0 Å². The first-order valence-corrected chi connectivity index (χ1v) is 13.0. The first-order valence-electron chi connectivity index (χ1n) is 13.0. The van der Waals surface area contributed by atoms with Crippen LogP contribution in [0.1, 0.15) is 106 Å². The number of allylic oxidation sites excluding steroid dienone is 1. The average molecular weight is 434 g/mol. The minimum Gasteiger partial charge on any atom is -0.277 e. The number of hydrogen-bond acceptors (Lipinski definition) is 2. The van der Waals surface area contributed by atoms with E-state index in [1.807, 2.05) is 0 Å². The maximum absolute atomic E-state index is 11.9. The number of fused-ring (bicyclic) bond motifs is 1. The molecule has 0 heterocycles. The van der Waals surface area contributed by atoms with E-state index in [-0.39, 0.29) is 11.3 Å². The molecule has 180 valence electrons. The molecule has 0 aromatic heterocycles. The monoisotopic (exact) mass is 433 g/mol. The van der Waals surface area contributed by atoms with Crippen LogP contribution < -0.4 is 5.48 Å². The molecule has 0 aromatic carbocycles. The summed E-state index contributed by atoms with van der Waals surface area (Å²) in [5, 5.41) is 0. The van der Waals surface area contributed by atoms with Crippen LogP contribution in [0.3, 0.4) is 0 Å². The Kier molecular flexibility index (Phi) is 9.26. The minimum atomic E-state index is 0.00608. The zero-order valence-corrected chi connectivity index (χ0v) is 21.9. The highest BCUT2D eigenvalue weighted by Crippen LogP contribution is 2.65. The fourth-order valence-electron chi connectivity index (χ4n) is 7.65. The van der Waals surface area contributed by atoms with Crippen molar-refractivity contribution in [3.05, 3.63) is 12.2 Å². The van der Waals surface area contributed by atoms with Gasteiger partial charge in [0.15, 0.2) is 0 Å². The lowest BCUT2D eigenvalue weighted by Gasteiger charge is -2.55. The smallest absolute Gasteiger partial charge is 0.243 e. The van der Waals surface area contributed by atoms with Crippen LogP contribution in [-0.4, -0.2) is 13.0 Å². The predicted octanol–water partition coefficient (Wildman–Crippen LogP) is 7.57. The third-order valence-electron chi connectivity index (χ3n) is 9.75. The van der Waals surface area contributed by atoms with Crippen molar-refractivity contribution in [2.24, 2.45) is 46.3 Å². The molecule has 7 unspecified atom stereocenters. The van der Waals surface area contributed by atoms with Gasteiger partial charge in [-0.1, -0.05) is 66.5 Å². The number of carbonyl (C=O) groups is 1. The molecule has 2 aliphatic carbocycles. The summed E-state index contributed by atoms with van der Waals surface area (Å²) in [5.74, 6) is 4.44. The van der Waals surface area contributed by atoms with Crippen LogP contribution in [0.4, 0.5) is 0 Å². The van der Waals surface area contributed by atoms with Crippen molar-refractivity contribution in [3.63, 3.8) is 0 Å². The molecule has 0 spiro atoms. The van der Waals surface area contributed by atoms with Gasteiger partial charge in [0, 0.05) is 6.42 Å². The second-order valence-corrected chi connectivity index (χ2v) is 11.9. The van der Waals surface area contributed by atoms with Crippen molar-refractivity contribution in [1.29, 1.82) is 0 Å². The molecule has 2 aliphatic rings. The summed E-state index contributed by atoms with van der Waals surface area (Å²) >= 11 is 0. The third kappa shape index (κ3) is 5.57. The summed E-state index contributed by atoms with van der Waals surface area (Å²) in [5.41, 5.74) is 4.55. The molecule has 0 aliphatic heterocycles. The van der Waals surface area contributed by atoms with Gasteiger partial charge in [0.1, 0.15) is 0 Å². The Bertz CT molecular complexity index is 614. The van der Waals surface area contributed by atoms with E-state index in [1.165, 1.54) is 57.6 Å². The first-order chi connectivity index (χ1) is 14.5. The van der Waals surface area contributed by atoms with Gasteiger partial charge in [-0.25, -0.2) is 5.48 Å². The quantitative estimate of drug-likeness (QED) is 0.269. The van der Waals surface area contributed by atoms with Crippen molar-refractivity contribution >= 4 is 5.91 Å². The van der Waals surface area contributed by atoms with Gasteiger partial charge in [0.25, 0.3) is 0 Å². The minimum absolute atomic E-state index is 0.00608. The van der Waals surface area contributed by atoms with Gasteiger partial charge in [-0.15, -0.1) is 0 Å². The first kappa shape index (κ1) is 26.4. The number of amides is 1. The van der Waals surface area contributed by atoms with E-state index in [0.717, 1.165) is 36.0 Å². The van der Waals surface area contributed by atoms with E-state index in [9.17, 15) is 4.79 Å². The molecule has 3 nitrogen and oxygen atoms in total. The highest BCUT2D eigenvalue weighted by molar-refractivity contribution is 5.74. The number of hydroxylamine groups is 1. The molecular formula is C28H51NO2. The second kappa shape index (κ2) is 10.9. The summed E-state index contributed by atoms with van der Waals surface area (Å²) in [6.45, 7) is 21.4. The summed E-state index contributed by atoms with van der Waals surface area (Å²) in [6.07, 6.45) is 10.7. The third-order valence-corrected chi connectivity index (χ3v) is 9.75. The van der Waals surface area contributed by atoms with Crippen LogP contribution in [0.5, 0.6) is 0 Å². The van der Waals surface area contributed by atoms with Crippen LogP contribution >= 0.6 is 0 Å². The Morgan fingerprint density at radius 3 is 2.45 bits per heavy atom. The molecular weight excluding hydrogens is 382 g/mol. The van der Waals surface area contributed by atoms with E-state index in [4.69, 9.17) is 4.84 Å². The molecule has 0 bridgehead atoms. The molecule has 2 rings (SSSR count). The SMILES string of the molecule is C=C(C)C(C)(CCC(C)C)C1CCC2(C)C(C(C)CCC(=O)NOC)CCC2C1CC. The van der Waals surface area contributed by atoms with E-state index >= 15 is 0 Å². The molecule has 7 atom stereocenters. The molecule has 2 fully saturated rings. The van der Waals surface area contributed by atoms with Crippen molar-refractivity contribution in [2.45, 2.75) is 106 Å². The lowest BCUT2D eigenvalue weighted by atomic mass is 9.50. The zero-order chi connectivity index (χ0) is 23.4. The van der Waals surface area contributed by atoms with Gasteiger partial charge in [0.2, 0.25) is 5.91 Å². The van der Waals surface area contributed by atoms with Crippen LogP contribution in [0.25, 0.3) is 0 Å². The summed E-state index contributed by atoms with van der Waals surface area (Å²) in [6, 6.07) is 0. The zero-order valence-electron chi connectivity index (χ0n) is 21.9. The predicted molar refractivity (Wildman–Crippen MR) is 131 cm³/mol. The van der Waals surface area contributed by atoms with Gasteiger partial charge in [0.05, 0.1) is 7.11 Å². The van der Waals surface area contributed by atoms with E-state index < -0.39 is 0 Å². The molecule has 0 radical (unpaired) electrons. The lowest BCUT2D eigenvalue weighted by molar-refractivity contribution is -0.131. The van der Waals surface area contributed by atoms with Crippen molar-refractivity contribution in [2.75, 3.05) is 7.11 Å². The maximum atomic E-state index is 11.9. The molecule has 1 N–H and O–H groups in total. The van der Waals surface area contributed by atoms with Crippen LogP contribution in [0.15, 0.2) is 12.2 Å². The van der Waals surface area contributed by atoms with E-state index in [2.05, 4.69) is 60.5 Å². The van der Waals surface area contributed by atoms with Gasteiger partial charge in [-0.2, -0.15) is 0 Å². The van der Waals surface area contributed by atoms with Gasteiger partial charge in [-0.05, 0) is 91.8 Å². The van der Waals surface area contributed by atoms with Crippen LogP contribution in [0, 0.1) is 46.3 Å². The van der Waals surface area contributed by atoms with Crippen molar-refractivity contribution < 1.29 is 9.63 Å².